The summed E-state index contributed by atoms with van der Waals surface area (Å²) in [6, 6.07) is 6.58. The van der Waals surface area contributed by atoms with Crippen LogP contribution in [0.1, 0.15) is 42.4 Å². The summed E-state index contributed by atoms with van der Waals surface area (Å²) in [5.41, 5.74) is 3.98. The van der Waals surface area contributed by atoms with Crippen LogP contribution in [-0.2, 0) is 6.54 Å². The summed E-state index contributed by atoms with van der Waals surface area (Å²) in [5, 5.41) is 6.78. The van der Waals surface area contributed by atoms with Gasteiger partial charge in [0.05, 0.1) is 0 Å². The SMILES string of the molecule is CN=C(NCCCC1CC1)NCc1ccc(C)cc1C. The van der Waals surface area contributed by atoms with E-state index in [2.05, 4.69) is 47.7 Å². The van der Waals surface area contributed by atoms with Gasteiger partial charge in [-0.2, -0.15) is 0 Å². The number of nitrogens with one attached hydrogen (secondary N) is 2. The summed E-state index contributed by atoms with van der Waals surface area (Å²) in [5.74, 6) is 1.92. The minimum Gasteiger partial charge on any atom is -0.356 e. The number of aryl methyl sites for hydroxylation is 2. The van der Waals surface area contributed by atoms with Gasteiger partial charge in [0.1, 0.15) is 0 Å². The van der Waals surface area contributed by atoms with Crippen LogP contribution in [0.3, 0.4) is 0 Å². The van der Waals surface area contributed by atoms with Gasteiger partial charge in [0.2, 0.25) is 0 Å². The van der Waals surface area contributed by atoms with E-state index < -0.39 is 0 Å². The second kappa shape index (κ2) is 7.32. The second-order valence-electron chi connectivity index (χ2n) is 5.87. The number of benzene rings is 1. The minimum atomic E-state index is 0.828. The Hall–Kier alpha value is -1.51. The van der Waals surface area contributed by atoms with Crippen molar-refractivity contribution in [2.75, 3.05) is 13.6 Å². The van der Waals surface area contributed by atoms with Gasteiger partial charge in [-0.1, -0.05) is 36.6 Å². The Morgan fingerprint density at radius 3 is 2.70 bits per heavy atom. The fourth-order valence-corrected chi connectivity index (χ4v) is 2.45. The average Bonchev–Trinajstić information content (AvgIpc) is 3.24. The second-order valence-corrected chi connectivity index (χ2v) is 5.87. The third-order valence-electron chi connectivity index (χ3n) is 3.95. The third kappa shape index (κ3) is 4.87. The van der Waals surface area contributed by atoms with Crippen molar-refractivity contribution in [1.82, 2.24) is 10.6 Å². The number of hydrogen-bond acceptors (Lipinski definition) is 1. The molecule has 1 aromatic rings. The van der Waals surface area contributed by atoms with E-state index in [9.17, 15) is 0 Å². The number of guanidine groups is 1. The molecule has 2 N–H and O–H groups in total. The lowest BCUT2D eigenvalue weighted by atomic mass is 10.1. The van der Waals surface area contributed by atoms with E-state index in [-0.39, 0.29) is 0 Å². The number of rotatable bonds is 6. The first kappa shape index (κ1) is 14.9. The molecule has 1 aliphatic carbocycles. The first-order valence-electron chi connectivity index (χ1n) is 7.69. The van der Waals surface area contributed by atoms with Gasteiger partial charge in [0.15, 0.2) is 5.96 Å². The van der Waals surface area contributed by atoms with E-state index in [1.165, 1.54) is 42.4 Å². The molecule has 3 heteroatoms. The lowest BCUT2D eigenvalue weighted by Gasteiger charge is -2.13. The molecule has 0 bridgehead atoms. The molecule has 110 valence electrons. The summed E-state index contributed by atoms with van der Waals surface area (Å²) in [6.07, 6.45) is 5.50. The number of nitrogens with zero attached hydrogens (tertiary/aromatic N) is 1. The molecule has 1 fully saturated rings. The van der Waals surface area contributed by atoms with Crippen molar-refractivity contribution in [3.63, 3.8) is 0 Å². The topological polar surface area (TPSA) is 36.4 Å². The molecular weight excluding hydrogens is 246 g/mol. The summed E-state index contributed by atoms with van der Waals surface area (Å²) >= 11 is 0. The van der Waals surface area contributed by atoms with Crippen molar-refractivity contribution >= 4 is 5.96 Å². The quantitative estimate of drug-likeness (QED) is 0.474. The van der Waals surface area contributed by atoms with E-state index in [1.54, 1.807) is 0 Å². The van der Waals surface area contributed by atoms with Gasteiger partial charge in [-0.05, 0) is 43.7 Å². The lowest BCUT2D eigenvalue weighted by molar-refractivity contribution is 0.644. The van der Waals surface area contributed by atoms with Crippen LogP contribution in [0.4, 0.5) is 0 Å². The molecule has 0 saturated heterocycles. The monoisotopic (exact) mass is 273 g/mol. The maximum atomic E-state index is 4.28. The smallest absolute Gasteiger partial charge is 0.191 e. The molecule has 0 spiro atoms. The standard InChI is InChI=1S/C17H27N3/c1-13-6-9-16(14(2)11-13)12-20-17(18-3)19-10-4-5-15-7-8-15/h6,9,11,15H,4-5,7-8,10,12H2,1-3H3,(H2,18,19,20). The van der Waals surface area contributed by atoms with Gasteiger partial charge in [-0.3, -0.25) is 4.99 Å². The van der Waals surface area contributed by atoms with E-state index in [0.717, 1.165) is 25.0 Å². The van der Waals surface area contributed by atoms with Gasteiger partial charge in [0.25, 0.3) is 0 Å². The van der Waals surface area contributed by atoms with Crippen LogP contribution in [0.5, 0.6) is 0 Å². The first-order chi connectivity index (χ1) is 9.69. The molecule has 0 aromatic heterocycles. The molecular formula is C17H27N3. The van der Waals surface area contributed by atoms with Crippen LogP contribution in [0.15, 0.2) is 23.2 Å². The summed E-state index contributed by atoms with van der Waals surface area (Å²) in [4.78, 5) is 4.28. The fraction of sp³-hybridized carbons (Fsp3) is 0.588. The van der Waals surface area contributed by atoms with Crippen molar-refractivity contribution in [2.45, 2.75) is 46.1 Å². The first-order valence-corrected chi connectivity index (χ1v) is 7.69. The molecule has 0 aliphatic heterocycles. The molecule has 1 aromatic carbocycles. The molecule has 2 rings (SSSR count). The van der Waals surface area contributed by atoms with Crippen LogP contribution < -0.4 is 10.6 Å². The van der Waals surface area contributed by atoms with Crippen molar-refractivity contribution in [1.29, 1.82) is 0 Å². The molecule has 20 heavy (non-hydrogen) atoms. The van der Waals surface area contributed by atoms with Gasteiger partial charge in [0, 0.05) is 20.1 Å². The summed E-state index contributed by atoms with van der Waals surface area (Å²) in [7, 11) is 1.83. The van der Waals surface area contributed by atoms with Gasteiger partial charge in [-0.15, -0.1) is 0 Å². The van der Waals surface area contributed by atoms with Crippen molar-refractivity contribution in [3.8, 4) is 0 Å². The summed E-state index contributed by atoms with van der Waals surface area (Å²) < 4.78 is 0. The zero-order chi connectivity index (χ0) is 14.4. The minimum absolute atomic E-state index is 0.828. The Bertz CT molecular complexity index is 461. The highest BCUT2D eigenvalue weighted by Gasteiger charge is 2.19. The molecule has 0 radical (unpaired) electrons. The van der Waals surface area contributed by atoms with Crippen molar-refractivity contribution < 1.29 is 0 Å². The number of aliphatic imine (C=N–C) groups is 1. The normalized spacial score (nSPS) is 15.2. The van der Waals surface area contributed by atoms with Crippen molar-refractivity contribution in [2.24, 2.45) is 10.9 Å². The third-order valence-corrected chi connectivity index (χ3v) is 3.95. The van der Waals surface area contributed by atoms with Crippen LogP contribution >= 0.6 is 0 Å². The predicted molar refractivity (Wildman–Crippen MR) is 86.1 cm³/mol. The van der Waals surface area contributed by atoms with Crippen LogP contribution in [0.25, 0.3) is 0 Å². The lowest BCUT2D eigenvalue weighted by Crippen LogP contribution is -2.37. The van der Waals surface area contributed by atoms with Gasteiger partial charge >= 0.3 is 0 Å². The molecule has 3 nitrogen and oxygen atoms in total. The molecule has 0 heterocycles. The highest BCUT2D eigenvalue weighted by Crippen LogP contribution is 2.33. The number of hydrogen-bond donors (Lipinski definition) is 2. The zero-order valence-corrected chi connectivity index (χ0v) is 13.0. The van der Waals surface area contributed by atoms with Crippen LogP contribution in [0.2, 0.25) is 0 Å². The molecule has 0 amide bonds. The maximum Gasteiger partial charge on any atom is 0.191 e. The highest BCUT2D eigenvalue weighted by molar-refractivity contribution is 5.79. The summed E-state index contributed by atoms with van der Waals surface area (Å²) in [6.45, 7) is 6.14. The van der Waals surface area contributed by atoms with Crippen LogP contribution in [0, 0.1) is 19.8 Å². The van der Waals surface area contributed by atoms with Crippen LogP contribution in [-0.4, -0.2) is 19.6 Å². The van der Waals surface area contributed by atoms with E-state index in [4.69, 9.17) is 0 Å². The average molecular weight is 273 g/mol. The van der Waals surface area contributed by atoms with E-state index in [0.29, 0.717) is 0 Å². The van der Waals surface area contributed by atoms with Crippen molar-refractivity contribution in [3.05, 3.63) is 34.9 Å². The Balaban J connectivity index is 1.72. The predicted octanol–water partition coefficient (Wildman–Crippen LogP) is 3.16. The van der Waals surface area contributed by atoms with E-state index >= 15 is 0 Å². The largest absolute Gasteiger partial charge is 0.356 e. The Labute approximate surface area is 122 Å². The Morgan fingerprint density at radius 1 is 1.25 bits per heavy atom. The fourth-order valence-electron chi connectivity index (χ4n) is 2.45. The molecule has 1 aliphatic rings. The van der Waals surface area contributed by atoms with Gasteiger partial charge in [-0.25, -0.2) is 0 Å². The molecule has 0 unspecified atom stereocenters. The Morgan fingerprint density at radius 2 is 2.05 bits per heavy atom. The Kier molecular flexibility index (Phi) is 5.45. The highest BCUT2D eigenvalue weighted by atomic mass is 15.2. The maximum absolute atomic E-state index is 4.28. The van der Waals surface area contributed by atoms with E-state index in [1.807, 2.05) is 7.05 Å². The molecule has 0 atom stereocenters. The molecule has 1 saturated carbocycles. The van der Waals surface area contributed by atoms with Gasteiger partial charge < -0.3 is 10.6 Å². The zero-order valence-electron chi connectivity index (χ0n) is 13.0.